The van der Waals surface area contributed by atoms with Crippen molar-refractivity contribution < 1.29 is 5.11 Å². The van der Waals surface area contributed by atoms with Gasteiger partial charge in [-0.3, -0.25) is 0 Å². The molecule has 1 nitrogen and oxygen atoms in total. The molecule has 1 saturated carbocycles. The SMILES string of the molecule is CC1(C)CSCC(O)(c2ccc(C3CCC3)cc2)C1. The first-order valence-electron chi connectivity index (χ1n) is 7.39. The van der Waals surface area contributed by atoms with E-state index in [1.54, 1.807) is 0 Å². The fourth-order valence-electron chi connectivity index (χ4n) is 3.38. The molecule has 2 fully saturated rings. The smallest absolute Gasteiger partial charge is 0.0991 e. The van der Waals surface area contributed by atoms with E-state index >= 15 is 0 Å². The predicted octanol–water partition coefficient (Wildman–Crippen LogP) is 4.30. The number of aliphatic hydroxyl groups is 1. The van der Waals surface area contributed by atoms with Gasteiger partial charge in [0.2, 0.25) is 0 Å². The zero-order valence-corrected chi connectivity index (χ0v) is 12.8. The molecule has 1 aliphatic carbocycles. The van der Waals surface area contributed by atoms with Gasteiger partial charge >= 0.3 is 0 Å². The fourth-order valence-corrected chi connectivity index (χ4v) is 4.75. The maximum atomic E-state index is 11.0. The Labute approximate surface area is 120 Å². The Morgan fingerprint density at radius 1 is 1.11 bits per heavy atom. The summed E-state index contributed by atoms with van der Waals surface area (Å²) in [5, 5.41) is 11.0. The highest BCUT2D eigenvalue weighted by atomic mass is 32.2. The number of thioether (sulfide) groups is 1. The molecule has 104 valence electrons. The minimum Gasteiger partial charge on any atom is -0.384 e. The van der Waals surface area contributed by atoms with Crippen LogP contribution in [-0.2, 0) is 5.60 Å². The van der Waals surface area contributed by atoms with Crippen molar-refractivity contribution in [3.8, 4) is 0 Å². The molecule has 3 rings (SSSR count). The fraction of sp³-hybridized carbons (Fsp3) is 0.647. The number of hydrogen-bond donors (Lipinski definition) is 1. The van der Waals surface area contributed by atoms with E-state index in [0.29, 0.717) is 0 Å². The molecular formula is C17H24OS. The molecule has 1 atom stereocenters. The van der Waals surface area contributed by atoms with Gasteiger partial charge in [-0.25, -0.2) is 0 Å². The largest absolute Gasteiger partial charge is 0.384 e. The summed E-state index contributed by atoms with van der Waals surface area (Å²) in [6.45, 7) is 4.51. The van der Waals surface area contributed by atoms with Crippen LogP contribution in [0.1, 0.15) is 56.6 Å². The third-order valence-corrected chi connectivity index (χ3v) is 6.30. The summed E-state index contributed by atoms with van der Waals surface area (Å²) in [4.78, 5) is 0. The monoisotopic (exact) mass is 276 g/mol. The van der Waals surface area contributed by atoms with Crippen LogP contribution in [0.5, 0.6) is 0 Å². The van der Waals surface area contributed by atoms with E-state index in [-0.39, 0.29) is 5.41 Å². The highest BCUT2D eigenvalue weighted by Crippen LogP contribution is 2.45. The van der Waals surface area contributed by atoms with Crippen molar-refractivity contribution in [3.05, 3.63) is 35.4 Å². The lowest BCUT2D eigenvalue weighted by molar-refractivity contribution is 0.0156. The molecular weight excluding hydrogens is 252 g/mol. The molecule has 1 saturated heterocycles. The first kappa shape index (κ1) is 13.5. The Bertz CT molecular complexity index is 447. The molecule has 2 aliphatic rings. The molecule has 1 N–H and O–H groups in total. The average molecular weight is 276 g/mol. The van der Waals surface area contributed by atoms with Crippen LogP contribution in [-0.4, -0.2) is 16.6 Å². The van der Waals surface area contributed by atoms with Gasteiger partial charge in [0.25, 0.3) is 0 Å². The van der Waals surface area contributed by atoms with E-state index in [9.17, 15) is 5.11 Å². The van der Waals surface area contributed by atoms with Crippen molar-refractivity contribution >= 4 is 11.8 Å². The zero-order chi connectivity index (χ0) is 13.5. The van der Waals surface area contributed by atoms with Crippen molar-refractivity contribution in [2.24, 2.45) is 5.41 Å². The van der Waals surface area contributed by atoms with Crippen LogP contribution in [0.2, 0.25) is 0 Å². The molecule has 0 aromatic heterocycles. The van der Waals surface area contributed by atoms with E-state index in [4.69, 9.17) is 0 Å². The second kappa shape index (κ2) is 4.82. The Morgan fingerprint density at radius 2 is 1.79 bits per heavy atom. The molecule has 2 heteroatoms. The van der Waals surface area contributed by atoms with Gasteiger partial charge in [-0.05, 0) is 47.5 Å². The highest BCUT2D eigenvalue weighted by Gasteiger charge is 2.40. The van der Waals surface area contributed by atoms with Crippen LogP contribution in [0.15, 0.2) is 24.3 Å². The van der Waals surface area contributed by atoms with E-state index < -0.39 is 5.60 Å². The Morgan fingerprint density at radius 3 is 2.32 bits per heavy atom. The molecule has 0 bridgehead atoms. The predicted molar refractivity (Wildman–Crippen MR) is 82.7 cm³/mol. The minimum absolute atomic E-state index is 0.226. The Balaban J connectivity index is 1.80. The van der Waals surface area contributed by atoms with E-state index in [2.05, 4.69) is 38.1 Å². The van der Waals surface area contributed by atoms with Gasteiger partial charge in [-0.15, -0.1) is 0 Å². The molecule has 0 radical (unpaired) electrons. The first-order chi connectivity index (χ1) is 8.99. The van der Waals surface area contributed by atoms with Crippen LogP contribution in [0.25, 0.3) is 0 Å². The van der Waals surface area contributed by atoms with Crippen molar-refractivity contribution in [2.75, 3.05) is 11.5 Å². The van der Waals surface area contributed by atoms with Gasteiger partial charge in [-0.1, -0.05) is 44.5 Å². The van der Waals surface area contributed by atoms with Crippen molar-refractivity contribution in [1.29, 1.82) is 0 Å². The second-order valence-corrected chi connectivity index (χ2v) is 8.10. The quantitative estimate of drug-likeness (QED) is 0.869. The summed E-state index contributed by atoms with van der Waals surface area (Å²) < 4.78 is 0. The number of benzene rings is 1. The topological polar surface area (TPSA) is 20.2 Å². The molecule has 1 heterocycles. The van der Waals surface area contributed by atoms with E-state index in [0.717, 1.165) is 29.4 Å². The summed E-state index contributed by atoms with van der Waals surface area (Å²) in [7, 11) is 0. The Kier molecular flexibility index (Phi) is 3.43. The first-order valence-corrected chi connectivity index (χ1v) is 8.55. The van der Waals surface area contributed by atoms with E-state index in [1.807, 2.05) is 11.8 Å². The maximum absolute atomic E-state index is 11.0. The molecule has 1 unspecified atom stereocenters. The average Bonchev–Trinajstić information content (AvgIpc) is 2.25. The summed E-state index contributed by atoms with van der Waals surface area (Å²) in [6.07, 6.45) is 4.93. The van der Waals surface area contributed by atoms with Gasteiger partial charge < -0.3 is 5.11 Å². The highest BCUT2D eigenvalue weighted by molar-refractivity contribution is 7.99. The van der Waals surface area contributed by atoms with Crippen LogP contribution in [0.4, 0.5) is 0 Å². The lowest BCUT2D eigenvalue weighted by atomic mass is 9.76. The lowest BCUT2D eigenvalue weighted by Crippen LogP contribution is -2.40. The standard InChI is InChI=1S/C17H24OS/c1-16(2)10-17(18,12-19-11-16)15-8-6-14(7-9-15)13-4-3-5-13/h6-9,13,18H,3-5,10-12H2,1-2H3. The van der Waals surface area contributed by atoms with Gasteiger partial charge in [0.15, 0.2) is 0 Å². The van der Waals surface area contributed by atoms with Crippen LogP contribution >= 0.6 is 11.8 Å². The minimum atomic E-state index is -0.634. The maximum Gasteiger partial charge on any atom is 0.0991 e. The van der Waals surface area contributed by atoms with E-state index in [1.165, 1.54) is 24.8 Å². The van der Waals surface area contributed by atoms with Crippen LogP contribution in [0.3, 0.4) is 0 Å². The van der Waals surface area contributed by atoms with Crippen molar-refractivity contribution in [3.63, 3.8) is 0 Å². The molecule has 1 aromatic rings. The summed E-state index contributed by atoms with van der Waals surface area (Å²) in [5.41, 5.74) is 2.16. The van der Waals surface area contributed by atoms with Gasteiger partial charge in [0.1, 0.15) is 0 Å². The summed E-state index contributed by atoms with van der Waals surface area (Å²) in [5.74, 6) is 2.76. The van der Waals surface area contributed by atoms with Crippen LogP contribution in [0, 0.1) is 5.41 Å². The second-order valence-electron chi connectivity index (χ2n) is 7.12. The molecule has 0 amide bonds. The zero-order valence-electron chi connectivity index (χ0n) is 12.0. The lowest BCUT2D eigenvalue weighted by Gasteiger charge is -2.41. The third kappa shape index (κ3) is 2.71. The van der Waals surface area contributed by atoms with Crippen molar-refractivity contribution in [1.82, 2.24) is 0 Å². The molecule has 0 spiro atoms. The molecule has 1 aliphatic heterocycles. The number of rotatable bonds is 2. The summed E-state index contributed by atoms with van der Waals surface area (Å²) in [6, 6.07) is 8.80. The number of hydrogen-bond acceptors (Lipinski definition) is 2. The molecule has 19 heavy (non-hydrogen) atoms. The van der Waals surface area contributed by atoms with Gasteiger partial charge in [-0.2, -0.15) is 11.8 Å². The Hall–Kier alpha value is -0.470. The molecule has 1 aromatic carbocycles. The third-order valence-electron chi connectivity index (χ3n) is 4.63. The normalized spacial score (nSPS) is 30.9. The summed E-state index contributed by atoms with van der Waals surface area (Å²) >= 11 is 1.88. The van der Waals surface area contributed by atoms with Gasteiger partial charge in [0.05, 0.1) is 5.60 Å². The van der Waals surface area contributed by atoms with Gasteiger partial charge in [0, 0.05) is 5.75 Å². The van der Waals surface area contributed by atoms with Crippen LogP contribution < -0.4 is 0 Å². The van der Waals surface area contributed by atoms with Crippen molar-refractivity contribution in [2.45, 2.75) is 51.0 Å².